The summed E-state index contributed by atoms with van der Waals surface area (Å²) in [5.41, 5.74) is 6.79. The van der Waals surface area contributed by atoms with Crippen molar-refractivity contribution in [2.24, 2.45) is 11.7 Å². The smallest absolute Gasteiger partial charge is 0.368 e. The lowest BCUT2D eigenvalue weighted by atomic mass is 10.0. The number of alkyl halides is 3. The van der Waals surface area contributed by atoms with Gasteiger partial charge >= 0.3 is 6.18 Å². The van der Waals surface area contributed by atoms with Gasteiger partial charge in [-0.05, 0) is 41.8 Å². The van der Waals surface area contributed by atoms with Gasteiger partial charge in [0.2, 0.25) is 5.91 Å². The number of nitrogens with two attached hydrogens (primary N) is 1. The topological polar surface area (TPSA) is 90.7 Å². The molecule has 1 fully saturated rings. The van der Waals surface area contributed by atoms with E-state index in [1.807, 2.05) is 18.7 Å². The average molecular weight is 558 g/mol. The molecule has 1 heterocycles. The highest BCUT2D eigenvalue weighted by molar-refractivity contribution is 6.31. The molecule has 0 spiro atoms. The van der Waals surface area contributed by atoms with Gasteiger partial charge in [-0.15, -0.1) is 0 Å². The zero-order chi connectivity index (χ0) is 28.0. The van der Waals surface area contributed by atoms with Gasteiger partial charge in [-0.1, -0.05) is 31.5 Å². The molecule has 4 N–H and O–H groups in total. The van der Waals surface area contributed by atoms with Gasteiger partial charge in [-0.2, -0.15) is 13.2 Å². The molecule has 38 heavy (non-hydrogen) atoms. The summed E-state index contributed by atoms with van der Waals surface area (Å²) in [5, 5.41) is 6.16. The van der Waals surface area contributed by atoms with E-state index in [0.29, 0.717) is 48.1 Å². The van der Waals surface area contributed by atoms with Crippen LogP contribution in [0.25, 0.3) is 0 Å². The van der Waals surface area contributed by atoms with Gasteiger partial charge in [0.15, 0.2) is 0 Å². The summed E-state index contributed by atoms with van der Waals surface area (Å²) < 4.78 is 52.5. The Kier molecular flexibility index (Phi) is 9.97. The van der Waals surface area contributed by atoms with Gasteiger partial charge in [-0.25, -0.2) is 4.39 Å². The molecule has 1 aliphatic rings. The molecule has 0 radical (unpaired) electrons. The molecule has 3 rings (SSSR count). The molecule has 12 heteroatoms. The van der Waals surface area contributed by atoms with E-state index < -0.39 is 36.3 Å². The predicted octanol–water partition coefficient (Wildman–Crippen LogP) is 4.41. The number of amides is 2. The van der Waals surface area contributed by atoms with Crippen molar-refractivity contribution < 1.29 is 27.2 Å². The molecule has 1 unspecified atom stereocenters. The van der Waals surface area contributed by atoms with E-state index in [4.69, 9.17) is 17.3 Å². The molecule has 208 valence electrons. The number of nitrogens with zero attached hydrogens (tertiary/aromatic N) is 2. The monoisotopic (exact) mass is 557 g/mol. The van der Waals surface area contributed by atoms with Crippen LogP contribution < -0.4 is 21.3 Å². The zero-order valence-corrected chi connectivity index (χ0v) is 22.0. The molecule has 2 amide bonds. The summed E-state index contributed by atoms with van der Waals surface area (Å²) in [6.45, 7) is 5.55. The highest BCUT2D eigenvalue weighted by Crippen LogP contribution is 2.31. The second kappa shape index (κ2) is 12.8. The van der Waals surface area contributed by atoms with E-state index in [1.54, 1.807) is 29.2 Å². The number of primary amides is 1. The van der Waals surface area contributed by atoms with Crippen LogP contribution in [0.5, 0.6) is 0 Å². The molecule has 7 nitrogen and oxygen atoms in total. The van der Waals surface area contributed by atoms with Crippen LogP contribution in [0.3, 0.4) is 0 Å². The minimum absolute atomic E-state index is 0.0427. The number of rotatable bonds is 10. The Hall–Kier alpha value is -2.89. The summed E-state index contributed by atoms with van der Waals surface area (Å²) in [6.07, 6.45) is -5.07. The van der Waals surface area contributed by atoms with Crippen LogP contribution in [0.2, 0.25) is 5.02 Å². The van der Waals surface area contributed by atoms with Crippen LogP contribution in [-0.4, -0.2) is 61.7 Å². The standard InChI is InChI=1S/C26H32ClF4N5O2/c1-16(2)23(24(32)37)33-15-17-3-5-19(20(28)13-17)25(38)34-21-6-4-18(27)14-22(21)36-11-9-35(10-12-36)8-7-26(29,30)31/h3-6,13-14,16,23,33H,7-12,15H2,1-2H3,(H2,32,37)(H,34,38). The van der Waals surface area contributed by atoms with E-state index in [0.717, 1.165) is 0 Å². The highest BCUT2D eigenvalue weighted by atomic mass is 35.5. The Bertz CT molecular complexity index is 1140. The van der Waals surface area contributed by atoms with Crippen molar-refractivity contribution in [2.45, 2.75) is 39.0 Å². The molecule has 0 saturated carbocycles. The number of anilines is 2. The van der Waals surface area contributed by atoms with Crippen LogP contribution in [0.4, 0.5) is 28.9 Å². The SMILES string of the molecule is CC(C)C(NCc1ccc(C(=O)Nc2ccc(Cl)cc2N2CCN(CCC(F)(F)F)CC2)c(F)c1)C(N)=O. The Morgan fingerprint density at radius 1 is 1.08 bits per heavy atom. The van der Waals surface area contributed by atoms with Crippen molar-refractivity contribution in [1.82, 2.24) is 10.2 Å². The maximum Gasteiger partial charge on any atom is 0.390 e. The van der Waals surface area contributed by atoms with E-state index in [-0.39, 0.29) is 24.6 Å². The Labute approximate surface area is 224 Å². The number of benzene rings is 2. The summed E-state index contributed by atoms with van der Waals surface area (Å²) in [7, 11) is 0. The molecule has 0 bridgehead atoms. The van der Waals surface area contributed by atoms with Gasteiger partial charge in [0, 0.05) is 44.3 Å². The first kappa shape index (κ1) is 29.7. The summed E-state index contributed by atoms with van der Waals surface area (Å²) in [4.78, 5) is 28.2. The van der Waals surface area contributed by atoms with Crippen molar-refractivity contribution in [2.75, 3.05) is 42.9 Å². The van der Waals surface area contributed by atoms with E-state index in [2.05, 4.69) is 10.6 Å². The van der Waals surface area contributed by atoms with Crippen molar-refractivity contribution in [1.29, 1.82) is 0 Å². The fourth-order valence-corrected chi connectivity index (χ4v) is 4.47. The summed E-state index contributed by atoms with van der Waals surface area (Å²) in [5.74, 6) is -1.93. The fourth-order valence-electron chi connectivity index (χ4n) is 4.30. The Balaban J connectivity index is 1.67. The number of halogens is 5. The van der Waals surface area contributed by atoms with Gasteiger partial charge in [-0.3, -0.25) is 14.5 Å². The van der Waals surface area contributed by atoms with Gasteiger partial charge in [0.1, 0.15) is 5.82 Å². The van der Waals surface area contributed by atoms with Gasteiger partial charge < -0.3 is 21.3 Å². The molecule has 1 saturated heterocycles. The minimum Gasteiger partial charge on any atom is -0.368 e. The van der Waals surface area contributed by atoms with Crippen LogP contribution >= 0.6 is 11.6 Å². The number of nitrogens with one attached hydrogen (secondary N) is 2. The third kappa shape index (κ3) is 8.31. The largest absolute Gasteiger partial charge is 0.390 e. The van der Waals surface area contributed by atoms with Crippen molar-refractivity contribution in [3.05, 3.63) is 58.4 Å². The molecule has 1 atom stereocenters. The fraction of sp³-hybridized carbons (Fsp3) is 0.462. The zero-order valence-electron chi connectivity index (χ0n) is 21.2. The van der Waals surface area contributed by atoms with Gasteiger partial charge in [0.05, 0.1) is 29.4 Å². The summed E-state index contributed by atoms with van der Waals surface area (Å²) >= 11 is 6.18. The molecule has 0 aromatic heterocycles. The number of hydrogen-bond acceptors (Lipinski definition) is 5. The molecule has 0 aliphatic carbocycles. The number of carbonyl (C=O) groups is 2. The van der Waals surface area contributed by atoms with Gasteiger partial charge in [0.25, 0.3) is 5.91 Å². The number of piperazine rings is 1. The molecular formula is C26H32ClF4N5O2. The predicted molar refractivity (Wildman–Crippen MR) is 140 cm³/mol. The molecule has 2 aromatic rings. The number of carbonyl (C=O) groups excluding carboxylic acids is 2. The van der Waals surface area contributed by atoms with Crippen LogP contribution in [-0.2, 0) is 11.3 Å². The van der Waals surface area contributed by atoms with E-state index >= 15 is 0 Å². The maximum absolute atomic E-state index is 14.9. The lowest BCUT2D eigenvalue weighted by Crippen LogP contribution is -2.47. The van der Waals surface area contributed by atoms with Crippen LogP contribution in [0.15, 0.2) is 36.4 Å². The van der Waals surface area contributed by atoms with Crippen LogP contribution in [0, 0.1) is 11.7 Å². The molecular weight excluding hydrogens is 526 g/mol. The number of hydrogen-bond donors (Lipinski definition) is 3. The third-order valence-corrected chi connectivity index (χ3v) is 6.64. The van der Waals surface area contributed by atoms with Crippen LogP contribution in [0.1, 0.15) is 36.2 Å². The summed E-state index contributed by atoms with van der Waals surface area (Å²) in [6, 6.07) is 8.47. The lowest BCUT2D eigenvalue weighted by molar-refractivity contribution is -0.138. The second-order valence-corrected chi connectivity index (χ2v) is 10.1. The maximum atomic E-state index is 14.9. The normalized spacial score (nSPS) is 15.5. The van der Waals surface area contributed by atoms with Crippen molar-refractivity contribution in [3.8, 4) is 0 Å². The quantitative estimate of drug-likeness (QED) is 0.377. The lowest BCUT2D eigenvalue weighted by Gasteiger charge is -2.37. The Morgan fingerprint density at radius 2 is 1.76 bits per heavy atom. The molecule has 1 aliphatic heterocycles. The Morgan fingerprint density at radius 3 is 2.34 bits per heavy atom. The second-order valence-electron chi connectivity index (χ2n) is 9.63. The van der Waals surface area contributed by atoms with E-state index in [1.165, 1.54) is 12.1 Å². The van der Waals surface area contributed by atoms with Crippen molar-refractivity contribution >= 4 is 34.8 Å². The average Bonchev–Trinajstić information content (AvgIpc) is 2.83. The minimum atomic E-state index is -4.20. The first-order valence-electron chi connectivity index (χ1n) is 12.3. The molecule has 2 aromatic carbocycles. The first-order chi connectivity index (χ1) is 17.8. The van der Waals surface area contributed by atoms with E-state index in [9.17, 15) is 27.2 Å². The first-order valence-corrected chi connectivity index (χ1v) is 12.7. The third-order valence-electron chi connectivity index (χ3n) is 6.41. The van der Waals surface area contributed by atoms with Crippen molar-refractivity contribution in [3.63, 3.8) is 0 Å². The highest BCUT2D eigenvalue weighted by Gasteiger charge is 2.29.